The zero-order chi connectivity index (χ0) is 10.8. The van der Waals surface area contributed by atoms with E-state index in [1.165, 1.54) is 6.20 Å². The van der Waals surface area contributed by atoms with Gasteiger partial charge in [-0.25, -0.2) is 4.98 Å². The lowest BCUT2D eigenvalue weighted by atomic mass is 10.2. The lowest BCUT2D eigenvalue weighted by Crippen LogP contribution is -2.25. The predicted octanol–water partition coefficient (Wildman–Crippen LogP) is -0.249. The molecule has 0 bridgehead atoms. The highest BCUT2D eigenvalue weighted by Crippen LogP contribution is 2.22. The second kappa shape index (κ2) is 3.86. The molecular weight excluding hydrogens is 194 g/mol. The molecule has 5 nitrogen and oxygen atoms in total. The van der Waals surface area contributed by atoms with Crippen LogP contribution in [0.25, 0.3) is 0 Å². The van der Waals surface area contributed by atoms with Crippen molar-refractivity contribution >= 4 is 11.6 Å². The Hall–Kier alpha value is -1.62. The van der Waals surface area contributed by atoms with Crippen LogP contribution in [0.1, 0.15) is 16.9 Å². The summed E-state index contributed by atoms with van der Waals surface area (Å²) < 4.78 is 0. The standard InChI is InChI=1S/C10H13N3O2/c11-10(15)9-8(2-1-4-12-9)13-5-3-7(14)6-13/h1-2,4,7,14H,3,5-6H2,(H2,11,15)/t7-/m0/s1. The number of amides is 1. The number of nitrogens with two attached hydrogens (primary N) is 1. The number of pyridine rings is 1. The van der Waals surface area contributed by atoms with Gasteiger partial charge >= 0.3 is 0 Å². The van der Waals surface area contributed by atoms with Crippen molar-refractivity contribution in [2.45, 2.75) is 12.5 Å². The Morgan fingerprint density at radius 2 is 2.47 bits per heavy atom. The first-order valence-corrected chi connectivity index (χ1v) is 4.86. The molecule has 0 unspecified atom stereocenters. The van der Waals surface area contributed by atoms with E-state index in [0.717, 1.165) is 6.54 Å². The van der Waals surface area contributed by atoms with Crippen molar-refractivity contribution < 1.29 is 9.90 Å². The Kier molecular flexibility index (Phi) is 2.55. The van der Waals surface area contributed by atoms with Gasteiger partial charge in [0.25, 0.3) is 5.91 Å². The van der Waals surface area contributed by atoms with E-state index in [1.54, 1.807) is 12.1 Å². The topological polar surface area (TPSA) is 79.5 Å². The summed E-state index contributed by atoms with van der Waals surface area (Å²) in [5.41, 5.74) is 6.21. The van der Waals surface area contributed by atoms with Crippen LogP contribution in [0.4, 0.5) is 5.69 Å². The first-order chi connectivity index (χ1) is 7.18. The molecule has 2 heterocycles. The highest BCUT2D eigenvalue weighted by molar-refractivity contribution is 5.96. The maximum absolute atomic E-state index is 11.1. The number of hydrogen-bond donors (Lipinski definition) is 2. The molecule has 0 aliphatic carbocycles. The smallest absolute Gasteiger partial charge is 0.269 e. The van der Waals surface area contributed by atoms with Crippen LogP contribution in [0.5, 0.6) is 0 Å². The molecule has 5 heteroatoms. The summed E-state index contributed by atoms with van der Waals surface area (Å²) in [6.45, 7) is 1.26. The van der Waals surface area contributed by atoms with Crippen LogP contribution in [0.3, 0.4) is 0 Å². The maximum atomic E-state index is 11.1. The van der Waals surface area contributed by atoms with E-state index >= 15 is 0 Å². The summed E-state index contributed by atoms with van der Waals surface area (Å²) >= 11 is 0. The van der Waals surface area contributed by atoms with E-state index in [-0.39, 0.29) is 11.8 Å². The van der Waals surface area contributed by atoms with Gasteiger partial charge in [-0.15, -0.1) is 0 Å². The summed E-state index contributed by atoms with van der Waals surface area (Å²) in [7, 11) is 0. The third-order valence-corrected chi connectivity index (χ3v) is 2.52. The van der Waals surface area contributed by atoms with E-state index in [2.05, 4.69) is 4.98 Å². The minimum Gasteiger partial charge on any atom is -0.391 e. The molecule has 0 spiro atoms. The summed E-state index contributed by atoms with van der Waals surface area (Å²) in [4.78, 5) is 17.0. The van der Waals surface area contributed by atoms with Crippen molar-refractivity contribution in [1.82, 2.24) is 4.98 Å². The number of aliphatic hydroxyl groups is 1. The van der Waals surface area contributed by atoms with E-state index < -0.39 is 5.91 Å². The minimum atomic E-state index is -0.535. The van der Waals surface area contributed by atoms with Crippen LogP contribution in [0.15, 0.2) is 18.3 Å². The van der Waals surface area contributed by atoms with Gasteiger partial charge in [-0.1, -0.05) is 0 Å². The molecule has 3 N–H and O–H groups in total. The van der Waals surface area contributed by atoms with Gasteiger partial charge < -0.3 is 15.7 Å². The van der Waals surface area contributed by atoms with Gasteiger partial charge in [0.05, 0.1) is 11.8 Å². The second-order valence-corrected chi connectivity index (χ2v) is 3.62. The second-order valence-electron chi connectivity index (χ2n) is 3.62. The Balaban J connectivity index is 2.31. The normalized spacial score (nSPS) is 20.6. The summed E-state index contributed by atoms with van der Waals surface area (Å²) in [5, 5.41) is 9.41. The molecule has 1 aromatic heterocycles. The fourth-order valence-corrected chi connectivity index (χ4v) is 1.80. The van der Waals surface area contributed by atoms with Gasteiger partial charge in [0, 0.05) is 19.3 Å². The molecular formula is C10H13N3O2. The number of anilines is 1. The van der Waals surface area contributed by atoms with E-state index in [1.807, 2.05) is 4.90 Å². The maximum Gasteiger partial charge on any atom is 0.269 e. The van der Waals surface area contributed by atoms with Crippen LogP contribution in [0, 0.1) is 0 Å². The Labute approximate surface area is 87.5 Å². The molecule has 0 radical (unpaired) electrons. The molecule has 1 saturated heterocycles. The number of carbonyl (C=O) groups is 1. The molecule has 0 aromatic carbocycles. The fraction of sp³-hybridized carbons (Fsp3) is 0.400. The zero-order valence-corrected chi connectivity index (χ0v) is 8.26. The van der Waals surface area contributed by atoms with Crippen LogP contribution in [-0.4, -0.2) is 35.2 Å². The lowest BCUT2D eigenvalue weighted by molar-refractivity contribution is 0.0996. The number of β-amino-alcohol motifs (C(OH)–C–C–N with tert-alkyl or cyclic N) is 1. The number of carbonyl (C=O) groups excluding carboxylic acids is 1. The Morgan fingerprint density at radius 3 is 3.07 bits per heavy atom. The van der Waals surface area contributed by atoms with Crippen molar-refractivity contribution in [2.24, 2.45) is 5.73 Å². The third kappa shape index (κ3) is 1.92. The van der Waals surface area contributed by atoms with Crippen molar-refractivity contribution in [2.75, 3.05) is 18.0 Å². The average molecular weight is 207 g/mol. The van der Waals surface area contributed by atoms with Gasteiger partial charge in [0.1, 0.15) is 0 Å². The summed E-state index contributed by atoms with van der Waals surface area (Å²) in [6.07, 6.45) is 1.93. The number of nitrogens with zero attached hydrogens (tertiary/aromatic N) is 2. The average Bonchev–Trinajstić information content (AvgIpc) is 2.65. The molecule has 1 aliphatic heterocycles. The number of aliphatic hydroxyl groups excluding tert-OH is 1. The molecule has 1 aromatic rings. The number of primary amides is 1. The summed E-state index contributed by atoms with van der Waals surface area (Å²) in [6, 6.07) is 3.55. The van der Waals surface area contributed by atoms with Crippen LogP contribution in [0.2, 0.25) is 0 Å². The van der Waals surface area contributed by atoms with Crippen LogP contribution >= 0.6 is 0 Å². The van der Waals surface area contributed by atoms with Crippen molar-refractivity contribution in [3.63, 3.8) is 0 Å². The molecule has 1 amide bonds. The first-order valence-electron chi connectivity index (χ1n) is 4.86. The van der Waals surface area contributed by atoms with E-state index in [0.29, 0.717) is 18.7 Å². The molecule has 1 atom stereocenters. The fourth-order valence-electron chi connectivity index (χ4n) is 1.80. The van der Waals surface area contributed by atoms with Gasteiger partial charge in [0.2, 0.25) is 0 Å². The van der Waals surface area contributed by atoms with E-state index in [9.17, 15) is 9.90 Å². The SMILES string of the molecule is NC(=O)c1ncccc1N1CC[C@H](O)C1. The molecule has 1 aliphatic rings. The number of rotatable bonds is 2. The largest absolute Gasteiger partial charge is 0.391 e. The lowest BCUT2D eigenvalue weighted by Gasteiger charge is -2.19. The molecule has 80 valence electrons. The van der Waals surface area contributed by atoms with Crippen LogP contribution < -0.4 is 10.6 Å². The van der Waals surface area contributed by atoms with Gasteiger partial charge in [-0.05, 0) is 18.6 Å². The highest BCUT2D eigenvalue weighted by atomic mass is 16.3. The Morgan fingerprint density at radius 1 is 1.67 bits per heavy atom. The zero-order valence-electron chi connectivity index (χ0n) is 8.26. The monoisotopic (exact) mass is 207 g/mol. The molecule has 0 saturated carbocycles. The van der Waals surface area contributed by atoms with Gasteiger partial charge in [0.15, 0.2) is 5.69 Å². The quantitative estimate of drug-likeness (QED) is 0.701. The number of aromatic nitrogens is 1. The van der Waals surface area contributed by atoms with Gasteiger partial charge in [-0.3, -0.25) is 4.79 Å². The van der Waals surface area contributed by atoms with E-state index in [4.69, 9.17) is 5.73 Å². The Bertz CT molecular complexity index is 381. The molecule has 2 rings (SSSR count). The predicted molar refractivity (Wildman–Crippen MR) is 55.6 cm³/mol. The third-order valence-electron chi connectivity index (χ3n) is 2.52. The molecule has 1 fully saturated rings. The minimum absolute atomic E-state index is 0.270. The van der Waals surface area contributed by atoms with Crippen molar-refractivity contribution in [3.05, 3.63) is 24.0 Å². The first kappa shape index (κ1) is 9.92. The highest BCUT2D eigenvalue weighted by Gasteiger charge is 2.23. The van der Waals surface area contributed by atoms with Gasteiger partial charge in [-0.2, -0.15) is 0 Å². The van der Waals surface area contributed by atoms with Crippen molar-refractivity contribution in [1.29, 1.82) is 0 Å². The molecule has 15 heavy (non-hydrogen) atoms. The number of hydrogen-bond acceptors (Lipinski definition) is 4. The summed E-state index contributed by atoms with van der Waals surface area (Å²) in [5.74, 6) is -0.535. The van der Waals surface area contributed by atoms with Crippen molar-refractivity contribution in [3.8, 4) is 0 Å². The van der Waals surface area contributed by atoms with Crippen LogP contribution in [-0.2, 0) is 0 Å².